The summed E-state index contributed by atoms with van der Waals surface area (Å²) in [6, 6.07) is 116. The van der Waals surface area contributed by atoms with Gasteiger partial charge in [-0.2, -0.15) is 0 Å². The molecule has 0 spiro atoms. The van der Waals surface area contributed by atoms with E-state index in [0.717, 1.165) is 195 Å². The first-order valence-electron chi connectivity index (χ1n) is 38.2. The smallest absolute Gasteiger partial charge is 0.0979 e. The Labute approximate surface area is 684 Å². The Bertz CT molecular complexity index is 7880. The van der Waals surface area contributed by atoms with Crippen LogP contribution in [0.5, 0.6) is 0 Å². The Morgan fingerprint density at radius 2 is 0.431 bits per heavy atom. The predicted molar refractivity (Wildman–Crippen MR) is 490 cm³/mol. The lowest BCUT2D eigenvalue weighted by Crippen LogP contribution is -1.92. The Hall–Kier alpha value is -14.0. The van der Waals surface area contributed by atoms with Gasteiger partial charge in [0.15, 0.2) is 0 Å². The summed E-state index contributed by atoms with van der Waals surface area (Å²) in [4.78, 5) is 39.7. The fourth-order valence-electron chi connectivity index (χ4n) is 16.7. The molecule has 116 heavy (non-hydrogen) atoms. The highest BCUT2D eigenvalue weighted by Gasteiger charge is 2.19. The van der Waals surface area contributed by atoms with Crippen LogP contribution in [0, 0.1) is 0 Å². The maximum Gasteiger partial charge on any atom is 0.0979 e. The van der Waals surface area contributed by atoms with E-state index >= 15 is 0 Å². The first-order valence-corrected chi connectivity index (χ1v) is 39.7. The van der Waals surface area contributed by atoms with Crippen molar-refractivity contribution in [3.05, 3.63) is 385 Å². The molecule has 0 aliphatic carbocycles. The fourth-order valence-corrected chi connectivity index (χ4v) is 17.5. The number of benzene rings is 20. The second-order valence-electron chi connectivity index (χ2n) is 28.9. The molecule has 0 amide bonds. The van der Waals surface area contributed by atoms with Crippen LogP contribution in [0.3, 0.4) is 0 Å². The summed E-state index contributed by atoms with van der Waals surface area (Å²) in [5.41, 5.74) is 15.1. The highest BCUT2D eigenvalue weighted by molar-refractivity contribution is 6.36. The molecule has 12 heteroatoms. The normalized spacial score (nSPS) is 11.6. The van der Waals surface area contributed by atoms with Crippen molar-refractivity contribution in [1.29, 1.82) is 0 Å². The van der Waals surface area contributed by atoms with Crippen LogP contribution in [0.1, 0.15) is 0 Å². The third-order valence-corrected chi connectivity index (χ3v) is 23.2. The maximum atomic E-state index is 6.33. The van der Waals surface area contributed by atoms with E-state index in [1.807, 2.05) is 91.5 Å². The minimum Gasteiger partial charge on any atom is -0.252 e. The predicted octanol–water partition coefficient (Wildman–Crippen LogP) is 29.6. The summed E-state index contributed by atoms with van der Waals surface area (Å²) >= 11 is 24.8. The molecule has 0 unspecified atom stereocenters. The summed E-state index contributed by atoms with van der Waals surface area (Å²) in [5, 5.41) is 30.5. The molecule has 24 rings (SSSR count). The Morgan fingerprint density at radius 3 is 0.845 bits per heavy atom. The molecular weight excluding hydrogens is 1500 g/mol. The maximum absolute atomic E-state index is 6.33. The van der Waals surface area contributed by atoms with E-state index in [2.05, 4.69) is 273 Å². The van der Waals surface area contributed by atoms with Gasteiger partial charge in [-0.15, -0.1) is 0 Å². The van der Waals surface area contributed by atoms with E-state index in [9.17, 15) is 0 Å². The summed E-state index contributed by atoms with van der Waals surface area (Å²) in [6.45, 7) is 0. The lowest BCUT2D eigenvalue weighted by molar-refractivity contribution is 1.31. The van der Waals surface area contributed by atoms with Crippen LogP contribution < -0.4 is 0 Å². The zero-order chi connectivity index (χ0) is 77.5. The van der Waals surface area contributed by atoms with Crippen LogP contribution in [-0.4, -0.2) is 39.9 Å². The average Bonchev–Trinajstić information content (AvgIpc) is 0.756. The molecule has 0 N–H and O–H groups in total. The quantitative estimate of drug-likeness (QED) is 0.161. The van der Waals surface area contributed by atoms with Crippen LogP contribution >= 0.6 is 46.4 Å². The minimum atomic E-state index is 0.733. The van der Waals surface area contributed by atoms with Gasteiger partial charge in [-0.3, -0.25) is 19.9 Å². The monoisotopic (exact) mass is 1560 g/mol. The number of fused-ring (bicyclic) bond motifs is 28. The molecule has 0 saturated heterocycles. The molecule has 0 radical (unpaired) electrons. The summed E-state index contributed by atoms with van der Waals surface area (Å²) in [6.07, 6.45) is 7.50. The van der Waals surface area contributed by atoms with Crippen molar-refractivity contribution in [3.63, 3.8) is 0 Å². The van der Waals surface area contributed by atoms with Gasteiger partial charge in [-0.25, -0.2) is 19.9 Å². The highest BCUT2D eigenvalue weighted by atomic mass is 35.5. The fraction of sp³-hybridized carbons (Fsp3) is 0. The largest absolute Gasteiger partial charge is 0.252 e. The van der Waals surface area contributed by atoms with Gasteiger partial charge >= 0.3 is 0 Å². The molecule has 0 bridgehead atoms. The van der Waals surface area contributed by atoms with Crippen LogP contribution in [-0.2, 0) is 0 Å². The average molecular weight is 1560 g/mol. The molecule has 0 atom stereocenters. The second kappa shape index (κ2) is 29.2. The van der Waals surface area contributed by atoms with E-state index in [1.165, 1.54) is 43.1 Å². The van der Waals surface area contributed by atoms with E-state index < -0.39 is 0 Å². The lowest BCUT2D eigenvalue weighted by atomic mass is 9.98. The summed E-state index contributed by atoms with van der Waals surface area (Å²) < 4.78 is 0. The molecule has 4 aromatic heterocycles. The van der Waals surface area contributed by atoms with Crippen molar-refractivity contribution in [2.75, 3.05) is 0 Å². The first kappa shape index (κ1) is 69.9. The third kappa shape index (κ3) is 12.5. The number of rotatable bonds is 4. The SMILES string of the molecule is Clc1ccc2c(-c3cnc4c5ccccc5c5ccccc5c4n3)cccc2c1.Clc1ccc2cc(-c3cnc4c5ccccc5c5ccccc5c4n3)ccc2c1.Clc1ccc2ccc(-c3cnc4c5ccccc5c5ccccc5c4n3)cc2c1.Clc1cccc2cc(-c3cnc4c5ccccc5c5ccccc5c4n3)ccc12. The van der Waals surface area contributed by atoms with Crippen molar-refractivity contribution in [3.8, 4) is 45.0 Å². The molecular formula is C104H60Cl4N8. The van der Waals surface area contributed by atoms with Gasteiger partial charge in [0, 0.05) is 90.8 Å². The topological polar surface area (TPSA) is 103 Å². The van der Waals surface area contributed by atoms with E-state index in [0.29, 0.717) is 0 Å². The van der Waals surface area contributed by atoms with Gasteiger partial charge in [0.2, 0.25) is 0 Å². The standard InChI is InChI=1S/4C26H15ClN2/c27-17-12-13-18-16(14-17)6-5-11-21(18)24-15-28-25-22-9-3-1-7-19(22)20-8-2-4-10-23(20)26(25)29-24;27-23-11-5-6-16-14-17(12-13-18(16)23)24-15-28-25-21-9-3-1-7-19(21)20-8-2-4-10-22(20)26(25)29-24;27-19-12-11-16-13-18(10-9-17(16)14-19)24-15-28-25-22-7-3-1-5-20(22)21-6-2-4-8-23(21)26(25)29-24;27-19-12-11-16-9-10-17(13-18(16)14-19)24-15-28-25-22-7-3-1-5-20(22)21-6-2-4-8-23(21)26(25)29-24/h4*1-15H. The van der Waals surface area contributed by atoms with Crippen LogP contribution in [0.25, 0.3) is 218 Å². The first-order chi connectivity index (χ1) is 57.1. The molecule has 4 heterocycles. The van der Waals surface area contributed by atoms with Gasteiger partial charge in [-0.1, -0.05) is 325 Å². The zero-order valence-corrected chi connectivity index (χ0v) is 64.8. The molecule has 0 saturated carbocycles. The summed E-state index contributed by atoms with van der Waals surface area (Å²) in [7, 11) is 0. The minimum absolute atomic E-state index is 0.733. The third-order valence-electron chi connectivity index (χ3n) is 22.1. The zero-order valence-electron chi connectivity index (χ0n) is 61.7. The highest BCUT2D eigenvalue weighted by Crippen LogP contribution is 2.42. The molecule has 0 fully saturated rings. The Morgan fingerprint density at radius 1 is 0.164 bits per heavy atom. The van der Waals surface area contributed by atoms with Crippen molar-refractivity contribution < 1.29 is 0 Å². The molecule has 24 aromatic rings. The van der Waals surface area contributed by atoms with Crippen LogP contribution in [0.2, 0.25) is 20.1 Å². The van der Waals surface area contributed by atoms with Crippen LogP contribution in [0.15, 0.2) is 365 Å². The lowest BCUT2D eigenvalue weighted by Gasteiger charge is -2.11. The molecule has 0 aliphatic heterocycles. The van der Waals surface area contributed by atoms with Gasteiger partial charge in [0.1, 0.15) is 0 Å². The van der Waals surface area contributed by atoms with Gasteiger partial charge in [0.25, 0.3) is 0 Å². The van der Waals surface area contributed by atoms with Crippen molar-refractivity contribution in [2.45, 2.75) is 0 Å². The van der Waals surface area contributed by atoms with Crippen molar-refractivity contribution in [1.82, 2.24) is 39.9 Å². The number of aromatic nitrogens is 8. The van der Waals surface area contributed by atoms with Crippen LogP contribution in [0.4, 0.5) is 0 Å². The molecule has 8 nitrogen and oxygen atoms in total. The number of nitrogens with zero attached hydrogens (tertiary/aromatic N) is 8. The number of hydrogen-bond donors (Lipinski definition) is 0. The van der Waals surface area contributed by atoms with E-state index in [4.69, 9.17) is 86.3 Å². The van der Waals surface area contributed by atoms with Crippen molar-refractivity contribution >= 4 is 220 Å². The van der Waals surface area contributed by atoms with E-state index in [-0.39, 0.29) is 0 Å². The molecule has 20 aromatic carbocycles. The molecule has 544 valence electrons. The Kier molecular flexibility index (Phi) is 17.6. The van der Waals surface area contributed by atoms with Gasteiger partial charge in [-0.05, 0) is 141 Å². The van der Waals surface area contributed by atoms with Crippen molar-refractivity contribution in [2.24, 2.45) is 0 Å². The van der Waals surface area contributed by atoms with Gasteiger partial charge in [0.05, 0.1) is 91.7 Å². The second-order valence-corrected chi connectivity index (χ2v) is 30.7. The number of halogens is 4. The summed E-state index contributed by atoms with van der Waals surface area (Å²) in [5.74, 6) is 0. The number of hydrogen-bond acceptors (Lipinski definition) is 8. The van der Waals surface area contributed by atoms with E-state index in [1.54, 1.807) is 0 Å². The Balaban J connectivity index is 0.0000000966. The van der Waals surface area contributed by atoms with Gasteiger partial charge < -0.3 is 0 Å². The molecule has 0 aliphatic rings.